The van der Waals surface area contributed by atoms with Gasteiger partial charge in [-0.3, -0.25) is 0 Å². The standard InChI is InChI=1S/C14H10ClNO/c1-10-5-6-13(15)14(7-10)17-12-4-2-3-11(8-12)9-16/h2-8H,1H3. The van der Waals surface area contributed by atoms with Gasteiger partial charge < -0.3 is 4.74 Å². The van der Waals surface area contributed by atoms with Gasteiger partial charge in [0.1, 0.15) is 11.5 Å². The average Bonchev–Trinajstić information content (AvgIpc) is 2.34. The molecule has 0 unspecified atom stereocenters. The van der Waals surface area contributed by atoms with Crippen LogP contribution in [0.15, 0.2) is 42.5 Å². The second-order valence-electron chi connectivity index (χ2n) is 3.68. The lowest BCUT2D eigenvalue weighted by atomic mass is 10.2. The lowest BCUT2D eigenvalue weighted by Gasteiger charge is -2.08. The molecule has 2 aromatic rings. The van der Waals surface area contributed by atoms with E-state index >= 15 is 0 Å². The van der Waals surface area contributed by atoms with Crippen molar-refractivity contribution in [3.8, 4) is 17.6 Å². The molecule has 0 heterocycles. The van der Waals surface area contributed by atoms with Crippen LogP contribution in [0.5, 0.6) is 11.5 Å². The first-order chi connectivity index (χ1) is 8.19. The third-order valence-electron chi connectivity index (χ3n) is 2.28. The highest BCUT2D eigenvalue weighted by molar-refractivity contribution is 6.32. The largest absolute Gasteiger partial charge is 0.456 e. The van der Waals surface area contributed by atoms with Crippen LogP contribution >= 0.6 is 11.6 Å². The molecule has 0 spiro atoms. The van der Waals surface area contributed by atoms with Crippen molar-refractivity contribution in [2.24, 2.45) is 0 Å². The Balaban J connectivity index is 2.31. The van der Waals surface area contributed by atoms with Gasteiger partial charge in [-0.25, -0.2) is 0 Å². The number of benzene rings is 2. The van der Waals surface area contributed by atoms with Crippen molar-refractivity contribution < 1.29 is 4.74 Å². The highest BCUT2D eigenvalue weighted by Gasteiger charge is 2.04. The molecular formula is C14H10ClNO. The van der Waals surface area contributed by atoms with E-state index in [1.165, 1.54) is 0 Å². The molecule has 0 aromatic heterocycles. The number of nitrogens with zero attached hydrogens (tertiary/aromatic N) is 1. The second kappa shape index (κ2) is 4.90. The van der Waals surface area contributed by atoms with Crippen molar-refractivity contribution >= 4 is 11.6 Å². The Morgan fingerprint density at radius 2 is 2.00 bits per heavy atom. The van der Waals surface area contributed by atoms with E-state index in [0.717, 1.165) is 5.56 Å². The number of hydrogen-bond acceptors (Lipinski definition) is 2. The smallest absolute Gasteiger partial charge is 0.146 e. The molecule has 0 fully saturated rings. The van der Waals surface area contributed by atoms with Crippen LogP contribution in [-0.4, -0.2) is 0 Å². The molecule has 2 aromatic carbocycles. The van der Waals surface area contributed by atoms with Crippen LogP contribution in [0.3, 0.4) is 0 Å². The van der Waals surface area contributed by atoms with Crippen LogP contribution in [0.4, 0.5) is 0 Å². The molecule has 0 saturated carbocycles. The Hall–Kier alpha value is -1.98. The second-order valence-corrected chi connectivity index (χ2v) is 4.08. The fraction of sp³-hybridized carbons (Fsp3) is 0.0714. The molecule has 0 saturated heterocycles. The summed E-state index contributed by atoms with van der Waals surface area (Å²) in [5.41, 5.74) is 1.63. The van der Waals surface area contributed by atoms with Crippen LogP contribution in [-0.2, 0) is 0 Å². The zero-order valence-electron chi connectivity index (χ0n) is 9.27. The van der Waals surface area contributed by atoms with Crippen LogP contribution in [0.25, 0.3) is 0 Å². The first-order valence-corrected chi connectivity index (χ1v) is 5.51. The van der Waals surface area contributed by atoms with Gasteiger partial charge in [-0.05, 0) is 42.8 Å². The number of ether oxygens (including phenoxy) is 1. The van der Waals surface area contributed by atoms with Gasteiger partial charge in [0.2, 0.25) is 0 Å². The fourth-order valence-corrected chi connectivity index (χ4v) is 1.60. The van der Waals surface area contributed by atoms with E-state index in [1.54, 1.807) is 30.3 Å². The first kappa shape index (κ1) is 11.5. The van der Waals surface area contributed by atoms with Crippen LogP contribution in [0, 0.1) is 18.3 Å². The van der Waals surface area contributed by atoms with E-state index in [4.69, 9.17) is 21.6 Å². The zero-order chi connectivity index (χ0) is 12.3. The van der Waals surface area contributed by atoms with E-state index in [1.807, 2.05) is 19.1 Å². The number of aryl methyl sites for hydroxylation is 1. The highest BCUT2D eigenvalue weighted by Crippen LogP contribution is 2.30. The molecule has 0 amide bonds. The molecule has 0 radical (unpaired) electrons. The molecule has 0 N–H and O–H groups in total. The van der Waals surface area contributed by atoms with Gasteiger partial charge in [-0.15, -0.1) is 0 Å². The Morgan fingerprint density at radius 1 is 1.18 bits per heavy atom. The average molecular weight is 244 g/mol. The van der Waals surface area contributed by atoms with Crippen LogP contribution < -0.4 is 4.74 Å². The zero-order valence-corrected chi connectivity index (χ0v) is 10.0. The van der Waals surface area contributed by atoms with Gasteiger partial charge in [0.25, 0.3) is 0 Å². The molecule has 0 aliphatic carbocycles. The van der Waals surface area contributed by atoms with E-state index in [9.17, 15) is 0 Å². The Labute approximate surface area is 105 Å². The van der Waals surface area contributed by atoms with Crippen molar-refractivity contribution in [2.45, 2.75) is 6.92 Å². The molecular weight excluding hydrogens is 234 g/mol. The van der Waals surface area contributed by atoms with Crippen molar-refractivity contribution in [1.29, 1.82) is 5.26 Å². The maximum atomic E-state index is 8.80. The van der Waals surface area contributed by atoms with Gasteiger partial charge in [0.05, 0.1) is 16.7 Å². The number of nitriles is 1. The minimum atomic E-state index is 0.554. The predicted octanol–water partition coefficient (Wildman–Crippen LogP) is 4.31. The topological polar surface area (TPSA) is 33.0 Å². The van der Waals surface area contributed by atoms with E-state index in [0.29, 0.717) is 22.1 Å². The van der Waals surface area contributed by atoms with E-state index in [2.05, 4.69) is 6.07 Å². The minimum Gasteiger partial charge on any atom is -0.456 e. The summed E-state index contributed by atoms with van der Waals surface area (Å²) in [4.78, 5) is 0. The lowest BCUT2D eigenvalue weighted by molar-refractivity contribution is 0.482. The summed E-state index contributed by atoms with van der Waals surface area (Å²) in [6.07, 6.45) is 0. The summed E-state index contributed by atoms with van der Waals surface area (Å²) in [5, 5.41) is 9.35. The maximum absolute atomic E-state index is 8.80. The minimum absolute atomic E-state index is 0.554. The van der Waals surface area contributed by atoms with Gasteiger partial charge in [0, 0.05) is 0 Å². The van der Waals surface area contributed by atoms with Gasteiger partial charge in [0.15, 0.2) is 0 Å². The molecule has 2 rings (SSSR count). The molecule has 3 heteroatoms. The van der Waals surface area contributed by atoms with Crippen molar-refractivity contribution in [1.82, 2.24) is 0 Å². The maximum Gasteiger partial charge on any atom is 0.146 e. The molecule has 0 aliphatic rings. The molecule has 2 nitrogen and oxygen atoms in total. The fourth-order valence-electron chi connectivity index (χ4n) is 1.44. The Bertz CT molecular complexity index is 587. The molecule has 84 valence electrons. The van der Waals surface area contributed by atoms with E-state index < -0.39 is 0 Å². The molecule has 0 bridgehead atoms. The predicted molar refractivity (Wildman–Crippen MR) is 67.4 cm³/mol. The van der Waals surface area contributed by atoms with Crippen LogP contribution in [0.2, 0.25) is 5.02 Å². The molecule has 17 heavy (non-hydrogen) atoms. The normalized spacial score (nSPS) is 9.71. The van der Waals surface area contributed by atoms with Gasteiger partial charge in [-0.1, -0.05) is 23.7 Å². The van der Waals surface area contributed by atoms with Crippen molar-refractivity contribution in [2.75, 3.05) is 0 Å². The number of halogens is 1. The summed E-state index contributed by atoms with van der Waals surface area (Å²) in [7, 11) is 0. The summed E-state index contributed by atoms with van der Waals surface area (Å²) >= 11 is 6.03. The summed E-state index contributed by atoms with van der Waals surface area (Å²) < 4.78 is 5.65. The van der Waals surface area contributed by atoms with Crippen LogP contribution in [0.1, 0.15) is 11.1 Å². The van der Waals surface area contributed by atoms with Gasteiger partial charge in [-0.2, -0.15) is 5.26 Å². The number of rotatable bonds is 2. The summed E-state index contributed by atoms with van der Waals surface area (Å²) in [6.45, 7) is 1.97. The Kier molecular flexibility index (Phi) is 3.32. The number of hydrogen-bond donors (Lipinski definition) is 0. The van der Waals surface area contributed by atoms with Gasteiger partial charge >= 0.3 is 0 Å². The highest BCUT2D eigenvalue weighted by atomic mass is 35.5. The third kappa shape index (κ3) is 2.77. The Morgan fingerprint density at radius 3 is 2.76 bits per heavy atom. The van der Waals surface area contributed by atoms with Crippen molar-refractivity contribution in [3.05, 3.63) is 58.6 Å². The lowest BCUT2D eigenvalue weighted by Crippen LogP contribution is -1.87. The van der Waals surface area contributed by atoms with Crippen molar-refractivity contribution in [3.63, 3.8) is 0 Å². The molecule has 0 atom stereocenters. The first-order valence-electron chi connectivity index (χ1n) is 5.13. The quantitative estimate of drug-likeness (QED) is 0.787. The third-order valence-corrected chi connectivity index (χ3v) is 2.59. The SMILES string of the molecule is Cc1ccc(Cl)c(Oc2cccc(C#N)c2)c1. The summed E-state index contributed by atoms with van der Waals surface area (Å²) in [5.74, 6) is 1.21. The molecule has 0 aliphatic heterocycles. The van der Waals surface area contributed by atoms with E-state index in [-0.39, 0.29) is 0 Å². The summed E-state index contributed by atoms with van der Waals surface area (Å²) in [6, 6.07) is 14.6. The monoisotopic (exact) mass is 243 g/mol.